The van der Waals surface area contributed by atoms with Gasteiger partial charge >= 0.3 is 0 Å². The molecule has 2 aliphatic rings. The summed E-state index contributed by atoms with van der Waals surface area (Å²) in [5, 5.41) is 3.77. The van der Waals surface area contributed by atoms with Crippen molar-refractivity contribution < 1.29 is 4.79 Å². The Labute approximate surface area is 141 Å². The monoisotopic (exact) mass is 335 g/mol. The molecule has 3 rings (SSSR count). The van der Waals surface area contributed by atoms with Gasteiger partial charge in [-0.05, 0) is 38.0 Å². The van der Waals surface area contributed by atoms with Gasteiger partial charge in [-0.25, -0.2) is 4.98 Å². The minimum absolute atomic E-state index is 0.0359. The molecule has 1 aromatic rings. The number of thioether (sulfide) groups is 1. The second-order valence-electron chi connectivity index (χ2n) is 6.90. The van der Waals surface area contributed by atoms with Gasteiger partial charge in [-0.15, -0.1) is 0 Å². The normalized spacial score (nSPS) is 19.5. The lowest BCUT2D eigenvalue weighted by Gasteiger charge is -2.18. The van der Waals surface area contributed by atoms with Crippen molar-refractivity contribution in [2.75, 3.05) is 12.3 Å². The van der Waals surface area contributed by atoms with E-state index in [0.29, 0.717) is 18.9 Å². The van der Waals surface area contributed by atoms with Crippen LogP contribution in [0.1, 0.15) is 56.8 Å². The Morgan fingerprint density at radius 3 is 2.96 bits per heavy atom. The number of rotatable bonds is 5. The van der Waals surface area contributed by atoms with Gasteiger partial charge in [0.2, 0.25) is 5.91 Å². The number of hydrogen-bond acceptors (Lipinski definition) is 4. The number of aryl methyl sites for hydroxylation is 1. The van der Waals surface area contributed by atoms with Crippen molar-refractivity contribution in [3.8, 4) is 0 Å². The van der Waals surface area contributed by atoms with E-state index in [1.54, 1.807) is 16.3 Å². The van der Waals surface area contributed by atoms with E-state index in [-0.39, 0.29) is 17.5 Å². The molecule has 1 aromatic heterocycles. The van der Waals surface area contributed by atoms with Crippen molar-refractivity contribution in [2.24, 2.45) is 5.92 Å². The van der Waals surface area contributed by atoms with Gasteiger partial charge in [0, 0.05) is 24.3 Å². The standard InChI is InChI=1S/C17H25N3O2S/c1-11(2)7-8-18-15(21)9-12-10-23-17-19-14-6-4-3-5-13(14)16(22)20(12)17/h11-12H,3-10H2,1-2H3,(H,18,21). The zero-order chi connectivity index (χ0) is 16.4. The fraction of sp³-hybridized carbons (Fsp3) is 0.706. The van der Waals surface area contributed by atoms with Gasteiger partial charge in [0.1, 0.15) is 0 Å². The molecule has 0 radical (unpaired) electrons. The Kier molecular flexibility index (Phi) is 5.09. The maximum absolute atomic E-state index is 12.8. The van der Waals surface area contributed by atoms with Crippen LogP contribution in [-0.4, -0.2) is 27.8 Å². The first-order valence-corrected chi connectivity index (χ1v) is 9.58. The second-order valence-corrected chi connectivity index (χ2v) is 7.89. The molecule has 0 bridgehead atoms. The number of fused-ring (bicyclic) bond motifs is 2. The summed E-state index contributed by atoms with van der Waals surface area (Å²) >= 11 is 1.61. The zero-order valence-electron chi connectivity index (χ0n) is 13.9. The van der Waals surface area contributed by atoms with E-state index in [9.17, 15) is 9.59 Å². The smallest absolute Gasteiger partial charge is 0.257 e. The molecule has 1 aliphatic carbocycles. The van der Waals surface area contributed by atoms with E-state index in [2.05, 4.69) is 19.2 Å². The van der Waals surface area contributed by atoms with Crippen LogP contribution in [-0.2, 0) is 17.6 Å². The highest BCUT2D eigenvalue weighted by atomic mass is 32.2. The van der Waals surface area contributed by atoms with Gasteiger partial charge in [-0.3, -0.25) is 14.2 Å². The van der Waals surface area contributed by atoms with Crippen LogP contribution < -0.4 is 10.9 Å². The largest absolute Gasteiger partial charge is 0.356 e. The minimum Gasteiger partial charge on any atom is -0.356 e. The molecule has 5 nitrogen and oxygen atoms in total. The van der Waals surface area contributed by atoms with Gasteiger partial charge in [0.15, 0.2) is 5.16 Å². The molecule has 23 heavy (non-hydrogen) atoms. The summed E-state index contributed by atoms with van der Waals surface area (Å²) in [5.41, 5.74) is 1.96. The van der Waals surface area contributed by atoms with Gasteiger partial charge in [-0.2, -0.15) is 0 Å². The summed E-state index contributed by atoms with van der Waals surface area (Å²) in [6, 6.07) is -0.0544. The maximum Gasteiger partial charge on any atom is 0.257 e. The molecule has 0 fully saturated rings. The summed E-state index contributed by atoms with van der Waals surface area (Å²) in [5.74, 6) is 1.38. The first-order chi connectivity index (χ1) is 11.1. The highest BCUT2D eigenvalue weighted by Gasteiger charge is 2.30. The molecule has 6 heteroatoms. The van der Waals surface area contributed by atoms with Gasteiger partial charge < -0.3 is 5.32 Å². The maximum atomic E-state index is 12.8. The van der Waals surface area contributed by atoms with Crippen molar-refractivity contribution in [3.63, 3.8) is 0 Å². The van der Waals surface area contributed by atoms with Crippen molar-refractivity contribution in [1.29, 1.82) is 0 Å². The molecular formula is C17H25N3O2S. The SMILES string of the molecule is CC(C)CCNC(=O)CC1CSc2nc3c(c(=O)n21)CCCC3. The minimum atomic E-state index is -0.0544. The van der Waals surface area contributed by atoms with Crippen molar-refractivity contribution in [2.45, 2.75) is 63.6 Å². The number of nitrogens with one attached hydrogen (secondary N) is 1. The predicted molar refractivity (Wildman–Crippen MR) is 92.0 cm³/mol. The van der Waals surface area contributed by atoms with Crippen LogP contribution in [0.25, 0.3) is 0 Å². The molecule has 1 aliphatic heterocycles. The van der Waals surface area contributed by atoms with Gasteiger partial charge in [0.05, 0.1) is 11.7 Å². The Morgan fingerprint density at radius 1 is 1.39 bits per heavy atom. The molecule has 1 amide bonds. The Balaban J connectivity index is 1.71. The fourth-order valence-electron chi connectivity index (χ4n) is 3.25. The summed E-state index contributed by atoms with van der Waals surface area (Å²) in [6.45, 7) is 5.00. The van der Waals surface area contributed by atoms with Crippen LogP contribution in [0.3, 0.4) is 0 Å². The molecule has 1 N–H and O–H groups in total. The van der Waals surface area contributed by atoms with E-state index in [4.69, 9.17) is 4.98 Å². The van der Waals surface area contributed by atoms with Crippen molar-refractivity contribution in [3.05, 3.63) is 21.6 Å². The number of nitrogens with zero attached hydrogens (tertiary/aromatic N) is 2. The highest BCUT2D eigenvalue weighted by Crippen LogP contribution is 2.33. The van der Waals surface area contributed by atoms with E-state index in [1.165, 1.54) is 0 Å². The first-order valence-electron chi connectivity index (χ1n) is 8.60. The van der Waals surface area contributed by atoms with E-state index in [0.717, 1.165) is 54.3 Å². The highest BCUT2D eigenvalue weighted by molar-refractivity contribution is 7.99. The number of aromatic nitrogens is 2. The molecule has 1 unspecified atom stereocenters. The van der Waals surface area contributed by atoms with Crippen LogP contribution in [0.4, 0.5) is 0 Å². The molecule has 0 aromatic carbocycles. The fourth-order valence-corrected chi connectivity index (χ4v) is 4.40. The van der Waals surface area contributed by atoms with Crippen molar-refractivity contribution >= 4 is 17.7 Å². The van der Waals surface area contributed by atoms with Crippen LogP contribution in [0.15, 0.2) is 9.95 Å². The average molecular weight is 335 g/mol. The van der Waals surface area contributed by atoms with E-state index >= 15 is 0 Å². The molecule has 126 valence electrons. The van der Waals surface area contributed by atoms with Crippen LogP contribution in [0.2, 0.25) is 0 Å². The number of amides is 1. The van der Waals surface area contributed by atoms with E-state index in [1.807, 2.05) is 0 Å². The summed E-state index contributed by atoms with van der Waals surface area (Å²) < 4.78 is 1.77. The Hall–Kier alpha value is -1.30. The third kappa shape index (κ3) is 3.62. The quantitative estimate of drug-likeness (QED) is 0.839. The van der Waals surface area contributed by atoms with Crippen LogP contribution in [0.5, 0.6) is 0 Å². The molecular weight excluding hydrogens is 310 g/mol. The summed E-state index contributed by atoms with van der Waals surface area (Å²) in [6.07, 6.45) is 5.29. The number of carbonyl (C=O) groups excluding carboxylic acids is 1. The molecule has 0 saturated carbocycles. The number of carbonyl (C=O) groups is 1. The average Bonchev–Trinajstić information content (AvgIpc) is 2.90. The van der Waals surface area contributed by atoms with Gasteiger partial charge in [-0.1, -0.05) is 25.6 Å². The van der Waals surface area contributed by atoms with Crippen LogP contribution >= 0.6 is 11.8 Å². The van der Waals surface area contributed by atoms with Crippen LogP contribution in [0, 0.1) is 5.92 Å². The van der Waals surface area contributed by atoms with E-state index < -0.39 is 0 Å². The topological polar surface area (TPSA) is 64.0 Å². The molecule has 2 heterocycles. The third-order valence-corrected chi connectivity index (χ3v) is 5.68. The Morgan fingerprint density at radius 2 is 2.17 bits per heavy atom. The number of hydrogen-bond donors (Lipinski definition) is 1. The Bertz CT molecular complexity index is 654. The zero-order valence-corrected chi connectivity index (χ0v) is 14.7. The lowest BCUT2D eigenvalue weighted by molar-refractivity contribution is -0.121. The molecule has 0 saturated heterocycles. The summed E-state index contributed by atoms with van der Waals surface area (Å²) in [4.78, 5) is 29.6. The summed E-state index contributed by atoms with van der Waals surface area (Å²) in [7, 11) is 0. The molecule has 1 atom stereocenters. The van der Waals surface area contributed by atoms with Gasteiger partial charge in [0.25, 0.3) is 5.56 Å². The third-order valence-electron chi connectivity index (χ3n) is 4.59. The lowest BCUT2D eigenvalue weighted by Crippen LogP contribution is -2.34. The second kappa shape index (κ2) is 7.07. The predicted octanol–water partition coefficient (Wildman–Crippen LogP) is 2.32. The first kappa shape index (κ1) is 16.6. The molecule has 0 spiro atoms. The lowest BCUT2D eigenvalue weighted by atomic mass is 9.97. The van der Waals surface area contributed by atoms with Crippen molar-refractivity contribution in [1.82, 2.24) is 14.9 Å².